The second-order valence-electron chi connectivity index (χ2n) is 5.67. The van der Waals surface area contributed by atoms with E-state index >= 15 is 0 Å². The minimum absolute atomic E-state index is 0.0887. The van der Waals surface area contributed by atoms with Gasteiger partial charge in [-0.1, -0.05) is 67.3 Å². The number of rotatable bonds is 8. The lowest BCUT2D eigenvalue weighted by Crippen LogP contribution is -2.27. The highest BCUT2D eigenvalue weighted by Gasteiger charge is 2.12. The summed E-state index contributed by atoms with van der Waals surface area (Å²) in [6.45, 7) is 5.78. The summed E-state index contributed by atoms with van der Waals surface area (Å²) in [6.07, 6.45) is 0. The first-order valence-corrected chi connectivity index (χ1v) is 9.33. The van der Waals surface area contributed by atoms with Crippen LogP contribution < -0.4 is 5.32 Å². The number of carbonyl (C=O) groups excluding carboxylic acids is 1. The number of hydrogen-bond donors (Lipinski definition) is 1. The highest BCUT2D eigenvalue weighted by molar-refractivity contribution is 8.01. The number of aromatic nitrogens is 2. The Hall–Kier alpha value is -1.60. The van der Waals surface area contributed by atoms with Gasteiger partial charge in [-0.2, -0.15) is 0 Å². The lowest BCUT2D eigenvalue weighted by molar-refractivity contribution is -0.127. The van der Waals surface area contributed by atoms with Crippen molar-refractivity contribution in [1.29, 1.82) is 0 Å². The Morgan fingerprint density at radius 1 is 1.30 bits per heavy atom. The first-order chi connectivity index (χ1) is 11.0. The van der Waals surface area contributed by atoms with Gasteiger partial charge in [-0.25, -0.2) is 0 Å². The summed E-state index contributed by atoms with van der Waals surface area (Å²) in [5.74, 6) is 1.02. The zero-order valence-electron chi connectivity index (χ0n) is 13.7. The molecule has 2 aromatic rings. The molecule has 2 rings (SSSR count). The average Bonchev–Trinajstić information content (AvgIpc) is 2.99. The average molecular weight is 351 g/mol. The van der Waals surface area contributed by atoms with Crippen LogP contribution in [0.25, 0.3) is 0 Å². The maximum Gasteiger partial charge on any atom is 0.233 e. The van der Waals surface area contributed by atoms with Crippen LogP contribution in [0.5, 0.6) is 0 Å². The second kappa shape index (κ2) is 8.88. The Bertz CT molecular complexity index is 616. The van der Waals surface area contributed by atoms with E-state index < -0.39 is 0 Å². The summed E-state index contributed by atoms with van der Waals surface area (Å²) < 4.78 is 0.817. The molecule has 1 aromatic carbocycles. The van der Waals surface area contributed by atoms with Crippen molar-refractivity contribution in [3.63, 3.8) is 0 Å². The van der Waals surface area contributed by atoms with Gasteiger partial charge in [-0.3, -0.25) is 4.79 Å². The fraction of sp³-hybridized carbons (Fsp3) is 0.438. The highest BCUT2D eigenvalue weighted by atomic mass is 32.2. The Morgan fingerprint density at radius 3 is 2.74 bits per heavy atom. The van der Waals surface area contributed by atoms with E-state index in [1.54, 1.807) is 4.90 Å². The van der Waals surface area contributed by atoms with Gasteiger partial charge in [-0.05, 0) is 11.5 Å². The molecule has 23 heavy (non-hydrogen) atoms. The van der Waals surface area contributed by atoms with Crippen LogP contribution in [0.15, 0.2) is 34.7 Å². The molecule has 0 unspecified atom stereocenters. The van der Waals surface area contributed by atoms with Gasteiger partial charge in [0.05, 0.1) is 5.75 Å². The van der Waals surface area contributed by atoms with Crippen molar-refractivity contribution in [3.05, 3.63) is 35.9 Å². The van der Waals surface area contributed by atoms with Gasteiger partial charge < -0.3 is 10.2 Å². The monoisotopic (exact) mass is 350 g/mol. The molecule has 0 saturated carbocycles. The molecular weight excluding hydrogens is 328 g/mol. The van der Waals surface area contributed by atoms with Crippen LogP contribution in [-0.2, 0) is 11.3 Å². The van der Waals surface area contributed by atoms with Gasteiger partial charge in [0, 0.05) is 20.1 Å². The molecule has 0 atom stereocenters. The Balaban J connectivity index is 1.77. The Morgan fingerprint density at radius 2 is 2.04 bits per heavy atom. The van der Waals surface area contributed by atoms with Gasteiger partial charge >= 0.3 is 0 Å². The molecule has 1 amide bonds. The van der Waals surface area contributed by atoms with E-state index in [0.717, 1.165) is 21.6 Å². The van der Waals surface area contributed by atoms with Crippen LogP contribution in [0, 0.1) is 5.92 Å². The van der Waals surface area contributed by atoms with Gasteiger partial charge in [-0.15, -0.1) is 10.2 Å². The molecule has 0 spiro atoms. The number of thioether (sulfide) groups is 1. The van der Waals surface area contributed by atoms with E-state index in [0.29, 0.717) is 18.2 Å². The number of carbonyl (C=O) groups is 1. The maximum absolute atomic E-state index is 12.2. The van der Waals surface area contributed by atoms with E-state index in [4.69, 9.17) is 0 Å². The third kappa shape index (κ3) is 6.19. The number of nitrogens with one attached hydrogen (secondary N) is 1. The summed E-state index contributed by atoms with van der Waals surface area (Å²) in [5, 5.41) is 12.3. The van der Waals surface area contributed by atoms with Gasteiger partial charge in [0.15, 0.2) is 4.34 Å². The highest BCUT2D eigenvalue weighted by Crippen LogP contribution is 2.25. The van der Waals surface area contributed by atoms with Crippen LogP contribution in [0.2, 0.25) is 0 Å². The molecule has 0 saturated heterocycles. The minimum atomic E-state index is 0.0887. The smallest absolute Gasteiger partial charge is 0.233 e. The zero-order chi connectivity index (χ0) is 16.7. The maximum atomic E-state index is 12.2. The predicted octanol–water partition coefficient (Wildman–Crippen LogP) is 3.36. The van der Waals surface area contributed by atoms with E-state index in [9.17, 15) is 4.79 Å². The minimum Gasteiger partial charge on any atom is -0.360 e. The van der Waals surface area contributed by atoms with Crippen LogP contribution in [-0.4, -0.2) is 40.3 Å². The molecule has 1 N–H and O–H groups in total. The van der Waals surface area contributed by atoms with Gasteiger partial charge in [0.1, 0.15) is 0 Å². The predicted molar refractivity (Wildman–Crippen MR) is 96.9 cm³/mol. The van der Waals surface area contributed by atoms with Crippen LogP contribution >= 0.6 is 23.1 Å². The number of hydrogen-bond acceptors (Lipinski definition) is 6. The molecule has 124 valence electrons. The Labute approximate surface area is 145 Å². The van der Waals surface area contributed by atoms with Gasteiger partial charge in [0.25, 0.3) is 0 Å². The molecule has 1 heterocycles. The van der Waals surface area contributed by atoms with E-state index in [2.05, 4.69) is 29.4 Å². The first kappa shape index (κ1) is 17.7. The third-order valence-electron chi connectivity index (χ3n) is 3.08. The third-order valence-corrected chi connectivity index (χ3v) is 5.07. The number of benzene rings is 1. The normalized spacial score (nSPS) is 10.8. The van der Waals surface area contributed by atoms with Crippen LogP contribution in [0.4, 0.5) is 5.13 Å². The molecule has 0 bridgehead atoms. The van der Waals surface area contributed by atoms with Crippen molar-refractivity contribution in [1.82, 2.24) is 15.1 Å². The number of anilines is 1. The van der Waals surface area contributed by atoms with E-state index in [-0.39, 0.29) is 5.91 Å². The topological polar surface area (TPSA) is 58.1 Å². The number of amides is 1. The van der Waals surface area contributed by atoms with Crippen LogP contribution in [0.3, 0.4) is 0 Å². The summed E-state index contributed by atoms with van der Waals surface area (Å²) in [6, 6.07) is 9.98. The standard InChI is InChI=1S/C16H22N4OS2/c1-12(2)9-17-15-18-19-16(23-15)22-11-14(21)20(3)10-13-7-5-4-6-8-13/h4-8,12H,9-11H2,1-3H3,(H,17,18). The Kier molecular flexibility index (Phi) is 6.85. The summed E-state index contributed by atoms with van der Waals surface area (Å²) in [4.78, 5) is 13.9. The van der Waals surface area contributed by atoms with Crippen molar-refractivity contribution in [2.24, 2.45) is 5.92 Å². The van der Waals surface area contributed by atoms with Crippen LogP contribution in [0.1, 0.15) is 19.4 Å². The molecule has 0 aliphatic carbocycles. The van der Waals surface area contributed by atoms with E-state index in [1.807, 2.05) is 37.4 Å². The van der Waals surface area contributed by atoms with Crippen molar-refractivity contribution < 1.29 is 4.79 Å². The van der Waals surface area contributed by atoms with Crippen molar-refractivity contribution in [2.45, 2.75) is 24.7 Å². The SMILES string of the molecule is CC(C)CNc1nnc(SCC(=O)N(C)Cc2ccccc2)s1. The van der Waals surface area contributed by atoms with Gasteiger partial charge in [0.2, 0.25) is 11.0 Å². The summed E-state index contributed by atoms with van der Waals surface area (Å²) in [7, 11) is 1.83. The molecule has 7 heteroatoms. The van der Waals surface area contributed by atoms with E-state index in [1.165, 1.54) is 23.1 Å². The molecule has 0 radical (unpaired) electrons. The quantitative estimate of drug-likeness (QED) is 0.740. The fourth-order valence-electron chi connectivity index (χ4n) is 1.81. The fourth-order valence-corrected chi connectivity index (χ4v) is 3.51. The zero-order valence-corrected chi connectivity index (χ0v) is 15.3. The molecule has 5 nitrogen and oxygen atoms in total. The molecule has 0 aliphatic rings. The summed E-state index contributed by atoms with van der Waals surface area (Å²) >= 11 is 2.93. The van der Waals surface area contributed by atoms with Crippen molar-refractivity contribution >= 4 is 34.1 Å². The second-order valence-corrected chi connectivity index (χ2v) is 7.87. The van der Waals surface area contributed by atoms with Crippen molar-refractivity contribution in [2.75, 3.05) is 24.7 Å². The van der Waals surface area contributed by atoms with Crippen molar-refractivity contribution in [3.8, 4) is 0 Å². The number of nitrogens with zero attached hydrogens (tertiary/aromatic N) is 3. The molecular formula is C16H22N4OS2. The molecule has 0 fully saturated rings. The molecule has 1 aromatic heterocycles. The molecule has 0 aliphatic heterocycles. The first-order valence-electron chi connectivity index (χ1n) is 7.52. The largest absolute Gasteiger partial charge is 0.360 e. The summed E-state index contributed by atoms with van der Waals surface area (Å²) in [5.41, 5.74) is 1.13. The lowest BCUT2D eigenvalue weighted by Gasteiger charge is -2.16. The lowest BCUT2D eigenvalue weighted by atomic mass is 10.2.